The highest BCUT2D eigenvalue weighted by molar-refractivity contribution is 5.93. The molecule has 6 heteroatoms. The van der Waals surface area contributed by atoms with Gasteiger partial charge in [0, 0.05) is 38.0 Å². The number of likely N-dealkylation sites (tertiary alicyclic amines) is 2. The summed E-state index contributed by atoms with van der Waals surface area (Å²) < 4.78 is 1.74. The maximum Gasteiger partial charge on any atom is 0.272 e. The summed E-state index contributed by atoms with van der Waals surface area (Å²) in [5, 5.41) is 4.55. The van der Waals surface area contributed by atoms with E-state index in [-0.39, 0.29) is 35.4 Å². The Bertz CT molecular complexity index is 770. The highest BCUT2D eigenvalue weighted by atomic mass is 16.2. The van der Waals surface area contributed by atoms with E-state index in [1.807, 2.05) is 13.1 Å². The number of fused-ring (bicyclic) bond motifs is 1. The van der Waals surface area contributed by atoms with Gasteiger partial charge in [-0.3, -0.25) is 14.3 Å². The number of carbonyl (C=O) groups excluding carboxylic acids is 2. The van der Waals surface area contributed by atoms with Crippen molar-refractivity contribution in [2.45, 2.75) is 83.8 Å². The van der Waals surface area contributed by atoms with E-state index in [0.717, 1.165) is 37.8 Å². The van der Waals surface area contributed by atoms with E-state index in [9.17, 15) is 9.59 Å². The zero-order valence-corrected chi connectivity index (χ0v) is 17.2. The first-order valence-electron chi connectivity index (χ1n) is 10.4. The summed E-state index contributed by atoms with van der Waals surface area (Å²) in [5.41, 5.74) is 1.63. The van der Waals surface area contributed by atoms with Gasteiger partial charge in [0.25, 0.3) is 5.91 Å². The average molecular weight is 373 g/mol. The predicted octanol–water partition coefficient (Wildman–Crippen LogP) is 2.94. The van der Waals surface area contributed by atoms with Gasteiger partial charge in [0.2, 0.25) is 5.91 Å². The first-order chi connectivity index (χ1) is 12.7. The van der Waals surface area contributed by atoms with Crippen LogP contribution >= 0.6 is 0 Å². The summed E-state index contributed by atoms with van der Waals surface area (Å²) in [7, 11) is 1.86. The van der Waals surface area contributed by atoms with E-state index in [0.29, 0.717) is 18.2 Å². The molecule has 148 valence electrons. The molecule has 4 rings (SSSR count). The van der Waals surface area contributed by atoms with Crippen LogP contribution < -0.4 is 0 Å². The van der Waals surface area contributed by atoms with Crippen molar-refractivity contribution in [2.75, 3.05) is 6.54 Å². The van der Waals surface area contributed by atoms with Gasteiger partial charge in [0.05, 0.1) is 11.7 Å². The quantitative estimate of drug-likeness (QED) is 0.802. The number of amides is 2. The van der Waals surface area contributed by atoms with Crippen LogP contribution in [-0.2, 0) is 11.8 Å². The van der Waals surface area contributed by atoms with E-state index >= 15 is 0 Å². The zero-order chi connectivity index (χ0) is 19.5. The van der Waals surface area contributed by atoms with Crippen molar-refractivity contribution in [3.8, 4) is 0 Å². The van der Waals surface area contributed by atoms with Crippen molar-refractivity contribution in [3.63, 3.8) is 0 Å². The normalized spacial score (nSPS) is 32.7. The molecule has 0 aromatic carbocycles. The molecule has 0 unspecified atom stereocenters. The molecule has 3 fully saturated rings. The first kappa shape index (κ1) is 18.5. The Morgan fingerprint density at radius 3 is 2.48 bits per heavy atom. The fourth-order valence-corrected chi connectivity index (χ4v) is 5.92. The monoisotopic (exact) mass is 372 g/mol. The summed E-state index contributed by atoms with van der Waals surface area (Å²) in [6.07, 6.45) is 5.37. The van der Waals surface area contributed by atoms with Crippen LogP contribution in [0.4, 0.5) is 0 Å². The minimum atomic E-state index is 0.000216. The van der Waals surface area contributed by atoms with Crippen molar-refractivity contribution in [3.05, 3.63) is 17.5 Å². The number of piperidine rings is 1. The van der Waals surface area contributed by atoms with Gasteiger partial charge in [-0.1, -0.05) is 33.6 Å². The van der Waals surface area contributed by atoms with Gasteiger partial charge in [0.15, 0.2) is 0 Å². The minimum absolute atomic E-state index is 0.000216. The number of hydrogen-bond donors (Lipinski definition) is 0. The lowest BCUT2D eigenvalue weighted by Crippen LogP contribution is -2.55. The average Bonchev–Trinajstić information content (AvgIpc) is 3.03. The van der Waals surface area contributed by atoms with Gasteiger partial charge in [-0.05, 0) is 31.2 Å². The second-order valence-electron chi connectivity index (χ2n) is 9.30. The highest BCUT2D eigenvalue weighted by Crippen LogP contribution is 2.53. The fraction of sp³-hybridized carbons (Fsp3) is 0.762. The molecule has 3 aliphatic rings. The summed E-state index contributed by atoms with van der Waals surface area (Å²) in [4.78, 5) is 30.2. The van der Waals surface area contributed by atoms with Crippen LogP contribution in [0, 0.1) is 5.41 Å². The Balaban J connectivity index is 1.73. The second kappa shape index (κ2) is 6.35. The molecule has 6 nitrogen and oxygen atoms in total. The molecule has 2 saturated heterocycles. The van der Waals surface area contributed by atoms with Crippen molar-refractivity contribution in [1.29, 1.82) is 0 Å². The summed E-state index contributed by atoms with van der Waals surface area (Å²) in [5.74, 6) is 0.527. The lowest BCUT2D eigenvalue weighted by Gasteiger charge is -2.46. The molecule has 1 aromatic heterocycles. The van der Waals surface area contributed by atoms with Gasteiger partial charge in [-0.2, -0.15) is 5.10 Å². The van der Waals surface area contributed by atoms with Crippen LogP contribution in [0.2, 0.25) is 0 Å². The van der Waals surface area contributed by atoms with Crippen LogP contribution in [0.25, 0.3) is 0 Å². The van der Waals surface area contributed by atoms with Crippen molar-refractivity contribution in [1.82, 2.24) is 19.6 Å². The number of hydrogen-bond acceptors (Lipinski definition) is 3. The van der Waals surface area contributed by atoms with E-state index in [2.05, 4.69) is 35.7 Å². The number of carbonyl (C=O) groups is 2. The van der Waals surface area contributed by atoms with Crippen LogP contribution in [0.15, 0.2) is 6.07 Å². The van der Waals surface area contributed by atoms with E-state index in [1.165, 1.54) is 0 Å². The molecule has 3 heterocycles. The molecule has 2 aliphatic heterocycles. The number of nitrogens with zero attached hydrogens (tertiary/aromatic N) is 4. The number of aromatic nitrogens is 2. The minimum Gasteiger partial charge on any atom is -0.337 e. The molecule has 0 spiro atoms. The molecule has 2 bridgehead atoms. The molecule has 1 saturated carbocycles. The van der Waals surface area contributed by atoms with Gasteiger partial charge in [-0.25, -0.2) is 0 Å². The second-order valence-corrected chi connectivity index (χ2v) is 9.30. The lowest BCUT2D eigenvalue weighted by atomic mass is 9.71. The van der Waals surface area contributed by atoms with Gasteiger partial charge < -0.3 is 9.80 Å². The molecule has 0 radical (unpaired) electrons. The zero-order valence-electron chi connectivity index (χ0n) is 17.2. The van der Waals surface area contributed by atoms with Crippen molar-refractivity contribution in [2.24, 2.45) is 12.5 Å². The Morgan fingerprint density at radius 2 is 1.89 bits per heavy atom. The van der Waals surface area contributed by atoms with Crippen LogP contribution in [0.1, 0.15) is 81.9 Å². The van der Waals surface area contributed by atoms with Crippen LogP contribution in [0.5, 0.6) is 0 Å². The van der Waals surface area contributed by atoms with Crippen LogP contribution in [-0.4, -0.2) is 56.1 Å². The largest absolute Gasteiger partial charge is 0.337 e. The van der Waals surface area contributed by atoms with Crippen molar-refractivity contribution >= 4 is 11.8 Å². The topological polar surface area (TPSA) is 58.4 Å². The van der Waals surface area contributed by atoms with Gasteiger partial charge >= 0.3 is 0 Å². The third-order valence-electron chi connectivity index (χ3n) is 7.26. The molecular weight excluding hydrogens is 340 g/mol. The maximum absolute atomic E-state index is 13.6. The maximum atomic E-state index is 13.6. The van der Waals surface area contributed by atoms with E-state index in [1.54, 1.807) is 11.6 Å². The van der Waals surface area contributed by atoms with Gasteiger partial charge in [0.1, 0.15) is 5.69 Å². The van der Waals surface area contributed by atoms with Gasteiger partial charge in [-0.15, -0.1) is 0 Å². The predicted molar refractivity (Wildman–Crippen MR) is 103 cm³/mol. The Kier molecular flexibility index (Phi) is 4.35. The molecule has 2 amide bonds. The smallest absolute Gasteiger partial charge is 0.272 e. The summed E-state index contributed by atoms with van der Waals surface area (Å²) >= 11 is 0. The highest BCUT2D eigenvalue weighted by Gasteiger charge is 2.60. The Morgan fingerprint density at radius 1 is 1.22 bits per heavy atom. The first-order valence-corrected chi connectivity index (χ1v) is 10.4. The lowest BCUT2D eigenvalue weighted by molar-refractivity contribution is -0.136. The van der Waals surface area contributed by atoms with Crippen molar-refractivity contribution < 1.29 is 9.59 Å². The van der Waals surface area contributed by atoms with E-state index in [4.69, 9.17) is 0 Å². The molecule has 0 N–H and O–H groups in total. The standard InChI is InChI=1S/C21H32N4O2/c1-13(2)16-10-17(23(5)22-16)20(27)25-15-11-21(4)18(24(12-15)14(3)26)8-6-7-9-19(21)25/h10,13,15,18-19H,6-9,11-12H2,1-5H3/t15-,18+,19-,21+/m0/s1. The molecule has 1 aliphatic carbocycles. The SMILES string of the molecule is CC(=O)N1C[C@@H]2C[C@@]3(C)[C@H](CCCC[C@@H]13)N2C(=O)c1cc(C(C)C)nn1C. The number of rotatable bonds is 2. The third kappa shape index (κ3) is 2.71. The Hall–Kier alpha value is -1.85. The molecule has 4 atom stereocenters. The molecule has 1 aromatic rings. The molecule has 27 heavy (non-hydrogen) atoms. The van der Waals surface area contributed by atoms with Crippen LogP contribution in [0.3, 0.4) is 0 Å². The van der Waals surface area contributed by atoms with E-state index < -0.39 is 0 Å². The fourth-order valence-electron chi connectivity index (χ4n) is 5.92. The summed E-state index contributed by atoms with van der Waals surface area (Å²) in [6, 6.07) is 2.54. The number of aryl methyl sites for hydroxylation is 1. The third-order valence-corrected chi connectivity index (χ3v) is 7.26. The summed E-state index contributed by atoms with van der Waals surface area (Å²) in [6.45, 7) is 8.86. The Labute approximate surface area is 161 Å². The molecular formula is C21H32N4O2.